The van der Waals surface area contributed by atoms with Gasteiger partial charge in [-0.15, -0.1) is 0 Å². The first-order valence-corrected chi connectivity index (χ1v) is 5.68. The van der Waals surface area contributed by atoms with Crippen molar-refractivity contribution in [1.82, 2.24) is 14.9 Å². The maximum absolute atomic E-state index is 6.02. The third kappa shape index (κ3) is 3.61. The van der Waals surface area contributed by atoms with Gasteiger partial charge in [-0.25, -0.2) is 9.97 Å². The first kappa shape index (κ1) is 13.2. The molecule has 0 aliphatic carbocycles. The molecule has 0 saturated heterocycles. The molecule has 90 valence electrons. The molecule has 0 amide bonds. The summed E-state index contributed by atoms with van der Waals surface area (Å²) in [4.78, 5) is 10.1. The van der Waals surface area contributed by atoms with E-state index in [0.717, 1.165) is 12.1 Å². The summed E-state index contributed by atoms with van der Waals surface area (Å²) in [5.41, 5.74) is 0.878. The van der Waals surface area contributed by atoms with E-state index in [4.69, 9.17) is 16.3 Å². The quantitative estimate of drug-likeness (QED) is 0.744. The lowest BCUT2D eigenvalue weighted by Crippen LogP contribution is -2.20. The highest BCUT2D eigenvalue weighted by Crippen LogP contribution is 2.29. The van der Waals surface area contributed by atoms with E-state index >= 15 is 0 Å². The zero-order valence-corrected chi connectivity index (χ0v) is 11.0. The molecule has 1 heterocycles. The minimum Gasteiger partial charge on any atom is -0.476 e. The lowest BCUT2D eigenvalue weighted by molar-refractivity contribution is 0.250. The fraction of sp³-hybridized carbons (Fsp3) is 0.636. The van der Waals surface area contributed by atoms with Crippen molar-refractivity contribution in [1.29, 1.82) is 0 Å². The summed E-state index contributed by atoms with van der Waals surface area (Å²) in [6, 6.07) is 0. The molecule has 0 atom stereocenters. The van der Waals surface area contributed by atoms with Crippen molar-refractivity contribution in [3.8, 4) is 5.88 Å². The highest BCUT2D eigenvalue weighted by atomic mass is 35.5. The van der Waals surface area contributed by atoms with E-state index in [9.17, 15) is 0 Å². The Balaban J connectivity index is 2.75. The lowest BCUT2D eigenvalue weighted by Gasteiger charge is -2.15. The molecule has 0 unspecified atom stereocenters. The van der Waals surface area contributed by atoms with Gasteiger partial charge in [0.2, 0.25) is 5.88 Å². The number of ether oxygens (including phenoxy) is 1. The van der Waals surface area contributed by atoms with Crippen molar-refractivity contribution in [3.05, 3.63) is 17.0 Å². The molecule has 1 aromatic heterocycles. The molecule has 0 radical (unpaired) electrons. The molecule has 5 heteroatoms. The van der Waals surface area contributed by atoms with Crippen LogP contribution in [0.4, 0.5) is 0 Å². The average Bonchev–Trinajstić information content (AvgIpc) is 2.16. The third-order valence-electron chi connectivity index (χ3n) is 2.15. The summed E-state index contributed by atoms with van der Waals surface area (Å²) < 4.78 is 5.61. The van der Waals surface area contributed by atoms with Crippen LogP contribution in [-0.2, 0) is 0 Å². The Kier molecular flexibility index (Phi) is 4.96. The molecule has 0 bridgehead atoms. The molecule has 0 spiro atoms. The predicted molar refractivity (Wildman–Crippen MR) is 65.2 cm³/mol. The molecule has 0 aliphatic heterocycles. The summed E-state index contributed by atoms with van der Waals surface area (Å²) in [7, 11) is 4.00. The number of nitrogens with zero attached hydrogens (tertiary/aromatic N) is 3. The number of likely N-dealkylation sites (N-methyl/N-ethyl adjacent to an activating group) is 1. The van der Waals surface area contributed by atoms with Gasteiger partial charge in [0, 0.05) is 6.54 Å². The van der Waals surface area contributed by atoms with Gasteiger partial charge in [0.25, 0.3) is 0 Å². The topological polar surface area (TPSA) is 38.3 Å². The van der Waals surface area contributed by atoms with Gasteiger partial charge in [-0.1, -0.05) is 25.4 Å². The highest BCUT2D eigenvalue weighted by molar-refractivity contribution is 6.30. The Morgan fingerprint density at radius 3 is 2.62 bits per heavy atom. The van der Waals surface area contributed by atoms with Gasteiger partial charge < -0.3 is 9.64 Å². The van der Waals surface area contributed by atoms with Gasteiger partial charge in [-0.3, -0.25) is 0 Å². The van der Waals surface area contributed by atoms with Crippen LogP contribution < -0.4 is 4.74 Å². The molecule has 1 rings (SSSR count). The summed E-state index contributed by atoms with van der Waals surface area (Å²) in [5.74, 6) is 0.847. The van der Waals surface area contributed by atoms with Crippen molar-refractivity contribution < 1.29 is 4.74 Å². The Hall–Kier alpha value is -0.870. The summed E-state index contributed by atoms with van der Waals surface area (Å²) in [5, 5.41) is 0.477. The van der Waals surface area contributed by atoms with E-state index < -0.39 is 0 Å². The summed E-state index contributed by atoms with van der Waals surface area (Å²) in [6.07, 6.45) is 1.43. The Morgan fingerprint density at radius 1 is 1.38 bits per heavy atom. The first-order chi connectivity index (χ1) is 7.52. The summed E-state index contributed by atoms with van der Waals surface area (Å²) in [6.45, 7) is 5.53. The van der Waals surface area contributed by atoms with Crippen LogP contribution in [0.3, 0.4) is 0 Å². The van der Waals surface area contributed by atoms with Gasteiger partial charge in [-0.2, -0.15) is 0 Å². The minimum absolute atomic E-state index is 0.253. The molecule has 0 N–H and O–H groups in total. The van der Waals surface area contributed by atoms with Crippen LogP contribution in [0, 0.1) is 0 Å². The number of aromatic nitrogens is 2. The van der Waals surface area contributed by atoms with Crippen LogP contribution in [0.5, 0.6) is 5.88 Å². The molecule has 0 saturated carbocycles. The first-order valence-electron chi connectivity index (χ1n) is 5.30. The monoisotopic (exact) mass is 243 g/mol. The summed E-state index contributed by atoms with van der Waals surface area (Å²) >= 11 is 6.02. The zero-order chi connectivity index (χ0) is 12.1. The molecular weight excluding hydrogens is 226 g/mol. The highest BCUT2D eigenvalue weighted by Gasteiger charge is 2.14. The lowest BCUT2D eigenvalue weighted by atomic mass is 10.1. The van der Waals surface area contributed by atoms with Crippen molar-refractivity contribution in [2.45, 2.75) is 19.8 Å². The van der Waals surface area contributed by atoms with E-state index in [-0.39, 0.29) is 5.92 Å². The van der Waals surface area contributed by atoms with Crippen LogP contribution in [0.1, 0.15) is 25.3 Å². The van der Waals surface area contributed by atoms with E-state index in [2.05, 4.69) is 14.9 Å². The van der Waals surface area contributed by atoms with Crippen LogP contribution in [0.25, 0.3) is 0 Å². The second-order valence-electron chi connectivity index (χ2n) is 4.19. The van der Waals surface area contributed by atoms with Crippen molar-refractivity contribution in [2.75, 3.05) is 27.2 Å². The van der Waals surface area contributed by atoms with Gasteiger partial charge in [0.15, 0.2) is 0 Å². The van der Waals surface area contributed by atoms with Gasteiger partial charge >= 0.3 is 0 Å². The number of hydrogen-bond donors (Lipinski definition) is 0. The van der Waals surface area contributed by atoms with Crippen LogP contribution in [-0.4, -0.2) is 42.1 Å². The smallest absolute Gasteiger partial charge is 0.221 e. The maximum Gasteiger partial charge on any atom is 0.221 e. The molecule has 4 nitrogen and oxygen atoms in total. The van der Waals surface area contributed by atoms with Crippen LogP contribution in [0.2, 0.25) is 5.15 Å². The standard InChI is InChI=1S/C11H18ClN3O/c1-8(2)9-10(12)13-7-14-11(9)16-6-5-15(3)4/h7-8H,5-6H2,1-4H3. The molecule has 0 aliphatic rings. The van der Waals surface area contributed by atoms with E-state index in [0.29, 0.717) is 17.6 Å². The second kappa shape index (κ2) is 6.01. The molecular formula is C11H18ClN3O. The fourth-order valence-corrected chi connectivity index (χ4v) is 1.63. The van der Waals surface area contributed by atoms with Gasteiger partial charge in [-0.05, 0) is 20.0 Å². The number of rotatable bonds is 5. The normalized spacial score (nSPS) is 11.2. The van der Waals surface area contributed by atoms with Gasteiger partial charge in [0.1, 0.15) is 18.1 Å². The minimum atomic E-state index is 0.253. The van der Waals surface area contributed by atoms with Crippen LogP contribution in [0.15, 0.2) is 6.33 Å². The number of hydrogen-bond acceptors (Lipinski definition) is 4. The van der Waals surface area contributed by atoms with E-state index in [1.54, 1.807) is 0 Å². The van der Waals surface area contributed by atoms with Crippen molar-refractivity contribution in [2.24, 2.45) is 0 Å². The molecule has 0 fully saturated rings. The molecule has 16 heavy (non-hydrogen) atoms. The van der Waals surface area contributed by atoms with Crippen molar-refractivity contribution in [3.63, 3.8) is 0 Å². The van der Waals surface area contributed by atoms with Crippen LogP contribution >= 0.6 is 11.6 Å². The Morgan fingerprint density at radius 2 is 2.06 bits per heavy atom. The van der Waals surface area contributed by atoms with Crippen molar-refractivity contribution >= 4 is 11.6 Å². The van der Waals surface area contributed by atoms with Gasteiger partial charge in [0.05, 0.1) is 5.56 Å². The average molecular weight is 244 g/mol. The zero-order valence-electron chi connectivity index (χ0n) is 10.2. The maximum atomic E-state index is 6.02. The van der Waals surface area contributed by atoms with E-state index in [1.807, 2.05) is 27.9 Å². The second-order valence-corrected chi connectivity index (χ2v) is 4.55. The number of halogens is 1. The Bertz CT molecular complexity index is 342. The molecule has 1 aromatic rings. The predicted octanol–water partition coefficient (Wildman–Crippen LogP) is 2.19. The molecule has 0 aromatic carbocycles. The fourth-order valence-electron chi connectivity index (χ4n) is 1.28. The SMILES string of the molecule is CC(C)c1c(Cl)ncnc1OCCN(C)C. The largest absolute Gasteiger partial charge is 0.476 e. The Labute approximate surface area is 102 Å². The van der Waals surface area contributed by atoms with E-state index in [1.165, 1.54) is 6.33 Å². The third-order valence-corrected chi connectivity index (χ3v) is 2.45.